The van der Waals surface area contributed by atoms with Crippen LogP contribution in [0.5, 0.6) is 5.75 Å². The molecule has 0 aromatic heterocycles. The predicted molar refractivity (Wildman–Crippen MR) is 182 cm³/mol. The first kappa shape index (κ1) is 33.3. The molecule has 241 valence electrons. The minimum atomic E-state index is -0.865. The van der Waals surface area contributed by atoms with Crippen molar-refractivity contribution in [1.82, 2.24) is 0 Å². The lowest BCUT2D eigenvalue weighted by Gasteiger charge is -2.58. The second-order valence-corrected chi connectivity index (χ2v) is 20.5. The average molecular weight is 608 g/mol. The summed E-state index contributed by atoms with van der Waals surface area (Å²) < 4.78 is 12.5. The van der Waals surface area contributed by atoms with Crippen LogP contribution in [-0.4, -0.2) is 27.4 Å². The molecular weight excluding hydrogens is 545 g/mol. The fourth-order valence-corrected chi connectivity index (χ4v) is 13.9. The minimum Gasteiger partial charge on any atom is -0.496 e. The minimum absolute atomic E-state index is 0.283. The number of ether oxygens (including phenoxy) is 1. The monoisotopic (exact) mass is 607 g/mol. The average Bonchev–Trinajstić information content (AvgIpc) is 3.32. The highest BCUT2D eigenvalue weighted by molar-refractivity contribution is 6.56. The molecule has 0 spiro atoms. The van der Waals surface area contributed by atoms with E-state index in [0.29, 0.717) is 28.4 Å². The van der Waals surface area contributed by atoms with Crippen molar-refractivity contribution in [3.63, 3.8) is 0 Å². The van der Waals surface area contributed by atoms with Crippen LogP contribution < -0.4 is 4.74 Å². The van der Waals surface area contributed by atoms with Gasteiger partial charge in [0.25, 0.3) is 0 Å². The van der Waals surface area contributed by atoms with Crippen LogP contribution in [-0.2, 0) is 4.43 Å². The topological polar surface area (TPSA) is 38.7 Å². The highest BCUT2D eigenvalue weighted by atomic mass is 28.3. The first-order chi connectivity index (χ1) is 20.3. The highest BCUT2D eigenvalue weighted by Gasteiger charge is 2.59. The number of benzene rings is 1. The summed E-state index contributed by atoms with van der Waals surface area (Å²) in [4.78, 5) is 0. The molecule has 1 aromatic carbocycles. The van der Waals surface area contributed by atoms with Crippen LogP contribution in [0.15, 0.2) is 35.9 Å². The van der Waals surface area contributed by atoms with Crippen LogP contribution in [0.25, 0.3) is 0 Å². The fourth-order valence-electron chi connectivity index (χ4n) is 11.0. The van der Waals surface area contributed by atoms with Gasteiger partial charge in [-0.3, -0.25) is 0 Å². The van der Waals surface area contributed by atoms with Gasteiger partial charge in [-0.2, -0.15) is 0 Å². The van der Waals surface area contributed by atoms with E-state index in [1.807, 2.05) is 24.3 Å². The summed E-state index contributed by atoms with van der Waals surface area (Å²) in [6.07, 6.45) is 16.5. The van der Waals surface area contributed by atoms with Crippen molar-refractivity contribution in [2.24, 2.45) is 40.4 Å². The van der Waals surface area contributed by atoms with Crippen molar-refractivity contribution in [2.45, 2.75) is 149 Å². The van der Waals surface area contributed by atoms with E-state index in [0.717, 1.165) is 47.8 Å². The fraction of sp³-hybridized carbons (Fsp3) is 0.795. The van der Waals surface area contributed by atoms with Crippen LogP contribution in [0.3, 0.4) is 0 Å². The van der Waals surface area contributed by atoms with E-state index in [4.69, 9.17) is 9.16 Å². The lowest BCUT2D eigenvalue weighted by molar-refractivity contribution is -0.0564. The molecule has 1 aromatic rings. The Morgan fingerprint density at radius 1 is 0.977 bits per heavy atom. The van der Waals surface area contributed by atoms with Crippen LogP contribution >= 0.6 is 0 Å². The molecule has 1 unspecified atom stereocenters. The largest absolute Gasteiger partial charge is 0.496 e. The van der Waals surface area contributed by atoms with Gasteiger partial charge < -0.3 is 14.3 Å². The van der Waals surface area contributed by atoms with E-state index in [-0.39, 0.29) is 5.04 Å². The first-order valence-corrected chi connectivity index (χ1v) is 19.3. The van der Waals surface area contributed by atoms with Crippen LogP contribution in [0, 0.1) is 40.4 Å². The third-order valence-electron chi connectivity index (χ3n) is 13.0. The molecule has 0 aliphatic heterocycles. The van der Waals surface area contributed by atoms with Crippen molar-refractivity contribution in [1.29, 1.82) is 0 Å². The van der Waals surface area contributed by atoms with E-state index in [1.165, 1.54) is 57.8 Å². The molecule has 3 fully saturated rings. The Balaban J connectivity index is 1.21. The molecule has 0 amide bonds. The quantitative estimate of drug-likeness (QED) is 0.212. The molecular formula is C39H63O3Si. The smallest absolute Gasteiger partial charge is 0.220 e. The lowest BCUT2D eigenvalue weighted by Crippen LogP contribution is -2.51. The summed E-state index contributed by atoms with van der Waals surface area (Å²) in [5.74, 6) is 4.93. The number of para-hydroxylation sites is 1. The summed E-state index contributed by atoms with van der Waals surface area (Å²) in [6, 6.07) is 7.94. The van der Waals surface area contributed by atoms with Gasteiger partial charge in [-0.05, 0) is 115 Å². The number of allylic oxidation sites excluding steroid dienone is 1. The SMILES string of the molecule is COc1ccccc1C(O)CCC[C@@H](C)[C@H]1CC[C@H]2[C@@H]3CC=C4C[C@@H](O[Si](C(C)C)C(C)(C)C)CC[C@]4(C)[C@H]3CC[C@]12C. The lowest BCUT2D eigenvalue weighted by atomic mass is 9.47. The van der Waals surface area contributed by atoms with Crippen molar-refractivity contribution < 1.29 is 14.3 Å². The molecule has 0 saturated heterocycles. The number of fused-ring (bicyclic) bond motifs is 5. The Morgan fingerprint density at radius 3 is 2.42 bits per heavy atom. The Kier molecular flexibility index (Phi) is 10.0. The van der Waals surface area contributed by atoms with E-state index in [9.17, 15) is 5.11 Å². The molecule has 3 nitrogen and oxygen atoms in total. The highest BCUT2D eigenvalue weighted by Crippen LogP contribution is 2.67. The zero-order chi connectivity index (χ0) is 31.2. The summed E-state index contributed by atoms with van der Waals surface area (Å²) in [5.41, 5.74) is 4.19. The van der Waals surface area contributed by atoms with Crippen LogP contribution in [0.1, 0.15) is 138 Å². The van der Waals surface area contributed by atoms with Gasteiger partial charge >= 0.3 is 0 Å². The Bertz CT molecular complexity index is 1120. The maximum Gasteiger partial charge on any atom is 0.220 e. The first-order valence-electron chi connectivity index (χ1n) is 17.8. The van der Waals surface area contributed by atoms with Gasteiger partial charge in [0.1, 0.15) is 5.75 Å². The van der Waals surface area contributed by atoms with Gasteiger partial charge in [-0.25, -0.2) is 0 Å². The van der Waals surface area contributed by atoms with Crippen molar-refractivity contribution in [3.8, 4) is 5.75 Å². The van der Waals surface area contributed by atoms with Gasteiger partial charge in [-0.1, -0.05) is 98.1 Å². The second-order valence-electron chi connectivity index (χ2n) is 16.9. The number of methoxy groups -OCH3 is 1. The van der Waals surface area contributed by atoms with Crippen molar-refractivity contribution >= 4 is 9.04 Å². The Labute approximate surface area is 266 Å². The number of aliphatic hydroxyl groups excluding tert-OH is 1. The van der Waals surface area contributed by atoms with Crippen LogP contribution in [0.2, 0.25) is 10.6 Å². The molecule has 4 aliphatic rings. The van der Waals surface area contributed by atoms with Gasteiger partial charge in [-0.15, -0.1) is 0 Å². The third kappa shape index (κ3) is 6.46. The Morgan fingerprint density at radius 2 is 1.72 bits per heavy atom. The summed E-state index contributed by atoms with van der Waals surface area (Å²) in [5, 5.41) is 11.2. The molecule has 0 heterocycles. The maximum atomic E-state index is 10.9. The molecule has 4 heteroatoms. The predicted octanol–water partition coefficient (Wildman–Crippen LogP) is 10.7. The van der Waals surface area contributed by atoms with E-state index in [2.05, 4.69) is 61.5 Å². The molecule has 3 saturated carbocycles. The normalized spacial score (nSPS) is 35.6. The standard InChI is InChI=1S/C39H63O3Si/c1-26(2)43(37(4,5)6)42-29-21-23-38(7)28(25-29)17-18-30-33-20-19-32(39(33,8)24-22-34(30)38)27(3)13-12-15-35(40)31-14-10-11-16-36(31)41-9/h10-11,14,16-17,26-27,29-30,32-35,40H,12-13,15,18-25H2,1-9H3/t27-,29+,30+,32-,33+,34+,35?,38+,39-/m1/s1. The Hall–Kier alpha value is -1.10. The number of hydrogen-bond donors (Lipinski definition) is 1. The van der Waals surface area contributed by atoms with E-state index >= 15 is 0 Å². The summed E-state index contributed by atoms with van der Waals surface area (Å²) in [6.45, 7) is 19.8. The zero-order valence-electron chi connectivity index (χ0n) is 29.0. The molecule has 1 radical (unpaired) electrons. The molecule has 9 atom stereocenters. The third-order valence-corrected chi connectivity index (χ3v) is 16.1. The summed E-state index contributed by atoms with van der Waals surface area (Å²) >= 11 is 0. The van der Waals surface area contributed by atoms with E-state index in [1.54, 1.807) is 12.7 Å². The zero-order valence-corrected chi connectivity index (χ0v) is 30.0. The molecule has 4 aliphatic carbocycles. The number of aliphatic hydroxyl groups is 1. The van der Waals surface area contributed by atoms with Gasteiger partial charge in [0, 0.05) is 11.7 Å². The summed E-state index contributed by atoms with van der Waals surface area (Å²) in [7, 11) is 0.829. The van der Waals surface area contributed by atoms with E-state index < -0.39 is 15.1 Å². The molecule has 0 bridgehead atoms. The number of rotatable bonds is 10. The van der Waals surface area contributed by atoms with Crippen molar-refractivity contribution in [3.05, 3.63) is 41.5 Å². The molecule has 43 heavy (non-hydrogen) atoms. The second kappa shape index (κ2) is 13.0. The van der Waals surface area contributed by atoms with Crippen molar-refractivity contribution in [2.75, 3.05) is 7.11 Å². The van der Waals surface area contributed by atoms with Gasteiger partial charge in [0.2, 0.25) is 9.04 Å². The number of hydrogen-bond acceptors (Lipinski definition) is 3. The van der Waals surface area contributed by atoms with Gasteiger partial charge in [0.15, 0.2) is 0 Å². The molecule has 5 rings (SSSR count). The van der Waals surface area contributed by atoms with Crippen LogP contribution in [0.4, 0.5) is 0 Å². The molecule has 1 N–H and O–H groups in total. The maximum absolute atomic E-state index is 10.9. The van der Waals surface area contributed by atoms with Gasteiger partial charge in [0.05, 0.1) is 13.2 Å².